The summed E-state index contributed by atoms with van der Waals surface area (Å²) in [5.41, 5.74) is -6.55. The summed E-state index contributed by atoms with van der Waals surface area (Å²) in [6.45, 7) is 1.55. The van der Waals surface area contributed by atoms with Crippen LogP contribution >= 0.6 is 0 Å². The predicted molar refractivity (Wildman–Crippen MR) is 88.9 cm³/mol. The summed E-state index contributed by atoms with van der Waals surface area (Å²) in [4.78, 5) is 20.5. The molecule has 0 fully saturated rings. The van der Waals surface area contributed by atoms with E-state index in [-0.39, 0.29) is 30.2 Å². The Morgan fingerprint density at radius 3 is 1.55 bits per heavy atom. The van der Waals surface area contributed by atoms with Crippen molar-refractivity contribution in [2.45, 2.75) is 25.7 Å². The molecule has 0 saturated carbocycles. The second-order valence-electron chi connectivity index (χ2n) is 5.80. The van der Waals surface area contributed by atoms with Crippen LogP contribution < -0.4 is 5.32 Å². The molecule has 0 aromatic heterocycles. The van der Waals surface area contributed by atoms with Gasteiger partial charge in [-0.3, -0.25) is 20.2 Å². The lowest BCUT2D eigenvalue weighted by molar-refractivity contribution is -0.392. The number of nitro groups is 2. The quantitative estimate of drug-likeness (QED) is 0.370. The molecule has 0 aliphatic carbocycles. The number of benzene rings is 2. The van der Waals surface area contributed by atoms with Gasteiger partial charge in [-0.1, -0.05) is 6.92 Å². The van der Waals surface area contributed by atoms with Crippen molar-refractivity contribution in [2.24, 2.45) is 0 Å². The number of anilines is 2. The van der Waals surface area contributed by atoms with Crippen molar-refractivity contribution in [1.82, 2.24) is 0 Å². The molecule has 13 heteroatoms. The van der Waals surface area contributed by atoms with Crippen molar-refractivity contribution in [2.75, 3.05) is 5.32 Å². The summed E-state index contributed by atoms with van der Waals surface area (Å²) in [5, 5.41) is 24.6. The van der Waals surface area contributed by atoms with E-state index in [0.717, 1.165) is 12.1 Å². The highest BCUT2D eigenvalue weighted by atomic mass is 19.4. The number of alkyl halides is 6. The fourth-order valence-corrected chi connectivity index (χ4v) is 2.46. The van der Waals surface area contributed by atoms with Crippen LogP contribution in [0.2, 0.25) is 0 Å². The van der Waals surface area contributed by atoms with E-state index in [1.165, 1.54) is 0 Å². The molecule has 0 saturated heterocycles. The molecule has 0 radical (unpaired) electrons. The molecule has 0 unspecified atom stereocenters. The van der Waals surface area contributed by atoms with E-state index < -0.39 is 56.1 Å². The van der Waals surface area contributed by atoms with E-state index in [1.807, 2.05) is 5.32 Å². The van der Waals surface area contributed by atoms with Crippen molar-refractivity contribution >= 4 is 22.7 Å². The summed E-state index contributed by atoms with van der Waals surface area (Å²) in [6.07, 6.45) is -10.1. The van der Waals surface area contributed by atoms with Crippen molar-refractivity contribution in [3.63, 3.8) is 0 Å². The van der Waals surface area contributed by atoms with Crippen molar-refractivity contribution in [3.8, 4) is 0 Å². The maximum absolute atomic E-state index is 13.0. The highest BCUT2D eigenvalue weighted by Gasteiger charge is 2.37. The van der Waals surface area contributed by atoms with E-state index in [9.17, 15) is 46.6 Å². The molecule has 2 aromatic rings. The first-order valence-electron chi connectivity index (χ1n) is 7.76. The van der Waals surface area contributed by atoms with Crippen LogP contribution in [0.15, 0.2) is 30.3 Å². The first kappa shape index (κ1) is 21.9. The van der Waals surface area contributed by atoms with Crippen molar-refractivity contribution in [1.29, 1.82) is 0 Å². The van der Waals surface area contributed by atoms with Gasteiger partial charge in [-0.05, 0) is 30.2 Å². The van der Waals surface area contributed by atoms with Crippen molar-refractivity contribution < 1.29 is 36.2 Å². The normalized spacial score (nSPS) is 12.0. The van der Waals surface area contributed by atoms with Gasteiger partial charge in [0.05, 0.1) is 21.0 Å². The lowest BCUT2D eigenvalue weighted by Gasteiger charge is -2.15. The Hall–Kier alpha value is -3.38. The average Bonchev–Trinajstić information content (AvgIpc) is 2.59. The van der Waals surface area contributed by atoms with Gasteiger partial charge < -0.3 is 5.32 Å². The fraction of sp³-hybridized carbons (Fsp3) is 0.250. The van der Waals surface area contributed by atoms with Gasteiger partial charge in [0.2, 0.25) is 0 Å². The zero-order valence-corrected chi connectivity index (χ0v) is 14.4. The Morgan fingerprint density at radius 1 is 0.828 bits per heavy atom. The summed E-state index contributed by atoms with van der Waals surface area (Å²) in [6, 6.07) is 2.32. The molecule has 2 rings (SSSR count). The zero-order valence-electron chi connectivity index (χ0n) is 14.4. The molecule has 156 valence electrons. The Morgan fingerprint density at radius 2 is 1.24 bits per heavy atom. The third-order valence-electron chi connectivity index (χ3n) is 3.82. The van der Waals surface area contributed by atoms with E-state index in [2.05, 4.69) is 0 Å². The van der Waals surface area contributed by atoms with Crippen LogP contribution in [0.25, 0.3) is 0 Å². The van der Waals surface area contributed by atoms with Gasteiger partial charge in [0.15, 0.2) is 5.69 Å². The van der Waals surface area contributed by atoms with Gasteiger partial charge in [-0.25, -0.2) is 0 Å². The first-order valence-corrected chi connectivity index (χ1v) is 7.76. The fourth-order valence-electron chi connectivity index (χ4n) is 2.46. The molecule has 0 amide bonds. The number of nitrogens with one attached hydrogen (secondary N) is 1. The van der Waals surface area contributed by atoms with Crippen LogP contribution in [0, 0.1) is 20.2 Å². The van der Waals surface area contributed by atoms with Gasteiger partial charge in [0, 0.05) is 17.8 Å². The van der Waals surface area contributed by atoms with E-state index in [1.54, 1.807) is 6.92 Å². The number of aryl methyl sites for hydroxylation is 1. The number of rotatable bonds is 5. The number of hydrogen-bond donors (Lipinski definition) is 1. The summed E-state index contributed by atoms with van der Waals surface area (Å²) in [5.74, 6) is 0. The minimum Gasteiger partial charge on any atom is -0.344 e. The predicted octanol–water partition coefficient (Wildman–Crippen LogP) is 5.85. The Kier molecular flexibility index (Phi) is 5.71. The third kappa shape index (κ3) is 4.92. The highest BCUT2D eigenvalue weighted by Crippen LogP contribution is 2.41. The van der Waals surface area contributed by atoms with Crippen LogP contribution in [0.3, 0.4) is 0 Å². The maximum Gasteiger partial charge on any atom is 0.416 e. The standard InChI is InChI=1S/C16H11F6N3O4/c1-2-8-3-12(24(26)27)14(13(4-8)25(28)29)23-11-6-9(15(17,18)19)5-10(7-11)16(20,21)22/h3-7,23H,2H2,1H3. The van der Waals surface area contributed by atoms with E-state index >= 15 is 0 Å². The SMILES string of the molecule is CCc1cc([N+](=O)[O-])c(Nc2cc(C(F)(F)F)cc(C(F)(F)F)c2)c([N+](=O)[O-])c1. The van der Waals surface area contributed by atoms with Crippen LogP contribution in [-0.2, 0) is 18.8 Å². The number of nitrogens with zero attached hydrogens (tertiary/aromatic N) is 2. The Labute approximate surface area is 158 Å². The lowest BCUT2D eigenvalue weighted by atomic mass is 10.1. The molecule has 0 heterocycles. The smallest absolute Gasteiger partial charge is 0.344 e. The Bertz CT molecular complexity index is 905. The molecule has 0 atom stereocenters. The van der Waals surface area contributed by atoms with E-state index in [4.69, 9.17) is 0 Å². The molecular formula is C16H11F6N3O4. The van der Waals surface area contributed by atoms with Crippen LogP contribution in [-0.4, -0.2) is 9.85 Å². The summed E-state index contributed by atoms with van der Waals surface area (Å²) in [7, 11) is 0. The number of nitro benzene ring substituents is 2. The number of hydrogen-bond acceptors (Lipinski definition) is 5. The third-order valence-corrected chi connectivity index (χ3v) is 3.82. The molecule has 0 bridgehead atoms. The van der Waals surface area contributed by atoms with Gasteiger partial charge >= 0.3 is 12.4 Å². The largest absolute Gasteiger partial charge is 0.416 e. The summed E-state index contributed by atoms with van der Waals surface area (Å²) >= 11 is 0. The summed E-state index contributed by atoms with van der Waals surface area (Å²) < 4.78 is 77.9. The molecule has 2 aromatic carbocycles. The number of halogens is 6. The first-order chi connectivity index (χ1) is 13.2. The maximum atomic E-state index is 13.0. The lowest BCUT2D eigenvalue weighted by Crippen LogP contribution is -2.12. The minimum absolute atomic E-state index is 0.131. The molecule has 7 nitrogen and oxygen atoms in total. The van der Waals surface area contributed by atoms with Crippen LogP contribution in [0.5, 0.6) is 0 Å². The van der Waals surface area contributed by atoms with Gasteiger partial charge in [0.25, 0.3) is 11.4 Å². The Balaban J connectivity index is 2.73. The van der Waals surface area contributed by atoms with Crippen LogP contribution in [0.4, 0.5) is 49.1 Å². The van der Waals surface area contributed by atoms with Gasteiger partial charge in [-0.2, -0.15) is 26.3 Å². The molecule has 0 spiro atoms. The highest BCUT2D eigenvalue weighted by molar-refractivity contribution is 5.80. The zero-order chi connectivity index (χ0) is 22.1. The monoisotopic (exact) mass is 423 g/mol. The molecule has 0 aliphatic rings. The van der Waals surface area contributed by atoms with Crippen molar-refractivity contribution in [3.05, 3.63) is 67.3 Å². The topological polar surface area (TPSA) is 98.3 Å². The van der Waals surface area contributed by atoms with Gasteiger partial charge in [0.1, 0.15) is 0 Å². The molecular weight excluding hydrogens is 412 g/mol. The minimum atomic E-state index is -5.15. The second kappa shape index (κ2) is 7.56. The van der Waals surface area contributed by atoms with Gasteiger partial charge in [-0.15, -0.1) is 0 Å². The average molecular weight is 423 g/mol. The second-order valence-corrected chi connectivity index (χ2v) is 5.80. The molecule has 0 aliphatic heterocycles. The molecule has 1 N–H and O–H groups in total. The molecule has 29 heavy (non-hydrogen) atoms. The van der Waals surface area contributed by atoms with E-state index in [0.29, 0.717) is 0 Å². The van der Waals surface area contributed by atoms with Crippen LogP contribution in [0.1, 0.15) is 23.6 Å².